The van der Waals surface area contributed by atoms with Crippen LogP contribution < -0.4 is 0 Å². The first-order valence-electron chi connectivity index (χ1n) is 4.03. The number of H-pyrrole nitrogens is 1. The predicted octanol–water partition coefficient (Wildman–Crippen LogP) is 1.30. The predicted molar refractivity (Wildman–Crippen MR) is 48.3 cm³/mol. The zero-order valence-electron chi connectivity index (χ0n) is 7.41. The molecule has 1 aromatic rings. The molecule has 0 saturated carbocycles. The average Bonchev–Trinajstić information content (AvgIpc) is 2.66. The number of aromatic nitrogens is 2. The molecule has 0 radical (unpaired) electrons. The molecule has 0 bridgehead atoms. The monoisotopic (exact) mass is 217 g/mol. The summed E-state index contributed by atoms with van der Waals surface area (Å²) in [7, 11) is 0. The Bertz CT molecular complexity index is 386. The summed E-state index contributed by atoms with van der Waals surface area (Å²) in [6, 6.07) is 0. The molecule has 1 saturated heterocycles. The Kier molecular flexibility index (Phi) is 1.97. The maximum absolute atomic E-state index is 10.6. The van der Waals surface area contributed by atoms with Crippen LogP contribution in [0.4, 0.5) is 5.82 Å². The molecule has 6 nitrogen and oxygen atoms in total. The van der Waals surface area contributed by atoms with Gasteiger partial charge in [0.1, 0.15) is 5.69 Å². The highest BCUT2D eigenvalue weighted by atomic mass is 35.5. The first-order valence-corrected chi connectivity index (χ1v) is 4.41. The second-order valence-electron chi connectivity index (χ2n) is 3.50. The summed E-state index contributed by atoms with van der Waals surface area (Å²) in [5, 5.41) is 10.6. The number of rotatable bonds is 3. The second-order valence-corrected chi connectivity index (χ2v) is 3.85. The van der Waals surface area contributed by atoms with Gasteiger partial charge in [0, 0.05) is 6.42 Å². The van der Waals surface area contributed by atoms with E-state index < -0.39 is 4.92 Å². The lowest BCUT2D eigenvalue weighted by Gasteiger charge is -2.00. The zero-order chi connectivity index (χ0) is 10.3. The second kappa shape index (κ2) is 2.93. The molecule has 7 heteroatoms. The Morgan fingerprint density at radius 2 is 2.50 bits per heavy atom. The molecule has 1 fully saturated rings. The summed E-state index contributed by atoms with van der Waals surface area (Å²) in [6.07, 6.45) is 0.409. The van der Waals surface area contributed by atoms with Crippen molar-refractivity contribution >= 4 is 17.4 Å². The largest absolute Gasteiger partial charge is 0.369 e. The van der Waals surface area contributed by atoms with Gasteiger partial charge in [0.2, 0.25) is 0 Å². The van der Waals surface area contributed by atoms with Crippen LogP contribution >= 0.6 is 11.6 Å². The normalized spacial score (nSPS) is 25.0. The van der Waals surface area contributed by atoms with E-state index in [2.05, 4.69) is 9.97 Å². The highest BCUT2D eigenvalue weighted by Crippen LogP contribution is 2.32. The van der Waals surface area contributed by atoms with E-state index in [1.54, 1.807) is 0 Å². The maximum Gasteiger partial charge on any atom is 0.345 e. The van der Waals surface area contributed by atoms with E-state index in [1.165, 1.54) is 0 Å². The van der Waals surface area contributed by atoms with Gasteiger partial charge in [-0.3, -0.25) is 0 Å². The zero-order valence-corrected chi connectivity index (χ0v) is 8.17. The van der Waals surface area contributed by atoms with Gasteiger partial charge in [-0.1, -0.05) is 0 Å². The average molecular weight is 218 g/mol. The van der Waals surface area contributed by atoms with Crippen LogP contribution in [0, 0.1) is 10.1 Å². The fourth-order valence-corrected chi connectivity index (χ4v) is 1.41. The smallest absolute Gasteiger partial charge is 0.345 e. The van der Waals surface area contributed by atoms with Gasteiger partial charge in [-0.2, -0.15) is 4.98 Å². The van der Waals surface area contributed by atoms with E-state index in [4.69, 9.17) is 16.3 Å². The molecular formula is C7H8ClN3O3. The van der Waals surface area contributed by atoms with Crippen molar-refractivity contribution in [1.29, 1.82) is 0 Å². The van der Waals surface area contributed by atoms with Crippen molar-refractivity contribution in [3.05, 3.63) is 21.1 Å². The minimum atomic E-state index is -0.528. The van der Waals surface area contributed by atoms with Gasteiger partial charge in [0.05, 0.1) is 12.2 Å². The van der Waals surface area contributed by atoms with Crippen LogP contribution in [0.1, 0.15) is 12.6 Å². The van der Waals surface area contributed by atoms with Crippen molar-refractivity contribution in [2.75, 3.05) is 6.61 Å². The Balaban J connectivity index is 2.27. The molecule has 76 valence electrons. The van der Waals surface area contributed by atoms with Crippen molar-refractivity contribution in [3.63, 3.8) is 0 Å². The molecule has 0 unspecified atom stereocenters. The van der Waals surface area contributed by atoms with Crippen LogP contribution in [0.25, 0.3) is 0 Å². The fourth-order valence-electron chi connectivity index (χ4n) is 1.22. The summed E-state index contributed by atoms with van der Waals surface area (Å²) in [4.78, 5) is 16.3. The molecule has 1 aliphatic heterocycles. The van der Waals surface area contributed by atoms with Gasteiger partial charge in [0.25, 0.3) is 5.28 Å². The Hall–Kier alpha value is -1.14. The Morgan fingerprint density at radius 1 is 1.86 bits per heavy atom. The number of hydrogen-bond acceptors (Lipinski definition) is 4. The molecule has 0 aromatic carbocycles. The lowest BCUT2D eigenvalue weighted by Crippen LogP contribution is -2.10. The third kappa shape index (κ3) is 1.71. The maximum atomic E-state index is 10.6. The minimum Gasteiger partial charge on any atom is -0.369 e. The summed E-state index contributed by atoms with van der Waals surface area (Å²) in [5.74, 6) is -0.147. The molecule has 0 spiro atoms. The SMILES string of the molecule is C[C@@]1(Cc2nc(Cl)[nH]c2[N+](=O)[O-])CO1. The van der Waals surface area contributed by atoms with Gasteiger partial charge in [0.15, 0.2) is 0 Å². The van der Waals surface area contributed by atoms with Crippen molar-refractivity contribution < 1.29 is 9.66 Å². The van der Waals surface area contributed by atoms with Crippen LogP contribution in [0.3, 0.4) is 0 Å². The highest BCUT2D eigenvalue weighted by molar-refractivity contribution is 6.28. The van der Waals surface area contributed by atoms with Crippen molar-refractivity contribution in [3.8, 4) is 0 Å². The number of ether oxygens (including phenoxy) is 1. The topological polar surface area (TPSA) is 84.3 Å². The first kappa shape index (κ1) is 9.42. The molecular weight excluding hydrogens is 210 g/mol. The van der Waals surface area contributed by atoms with Gasteiger partial charge in [-0.05, 0) is 23.4 Å². The minimum absolute atomic E-state index is 0.0379. The van der Waals surface area contributed by atoms with Crippen LogP contribution in [0.2, 0.25) is 5.28 Å². The third-order valence-electron chi connectivity index (χ3n) is 2.09. The van der Waals surface area contributed by atoms with Crippen LogP contribution in [-0.2, 0) is 11.2 Å². The molecule has 1 atom stereocenters. The van der Waals surface area contributed by atoms with Crippen molar-refractivity contribution in [2.24, 2.45) is 0 Å². The van der Waals surface area contributed by atoms with Crippen LogP contribution in [-0.4, -0.2) is 27.1 Å². The molecule has 0 aliphatic carbocycles. The quantitative estimate of drug-likeness (QED) is 0.470. The van der Waals surface area contributed by atoms with Gasteiger partial charge >= 0.3 is 5.82 Å². The van der Waals surface area contributed by atoms with Crippen molar-refractivity contribution in [2.45, 2.75) is 18.9 Å². The fraction of sp³-hybridized carbons (Fsp3) is 0.571. The number of epoxide rings is 1. The number of hydrogen-bond donors (Lipinski definition) is 1. The van der Waals surface area contributed by atoms with E-state index in [0.717, 1.165) is 0 Å². The molecule has 1 N–H and O–H groups in total. The van der Waals surface area contributed by atoms with E-state index in [0.29, 0.717) is 18.7 Å². The molecule has 0 amide bonds. The molecule has 1 aromatic heterocycles. The number of halogens is 1. The number of nitrogens with zero attached hydrogens (tertiary/aromatic N) is 2. The molecule has 1 aliphatic rings. The molecule has 2 heterocycles. The third-order valence-corrected chi connectivity index (χ3v) is 2.27. The highest BCUT2D eigenvalue weighted by Gasteiger charge is 2.42. The molecule has 14 heavy (non-hydrogen) atoms. The summed E-state index contributed by atoms with van der Waals surface area (Å²) in [6.45, 7) is 2.48. The summed E-state index contributed by atoms with van der Waals surface area (Å²) in [5.41, 5.74) is 0.0449. The first-order chi connectivity index (χ1) is 6.50. The summed E-state index contributed by atoms with van der Waals surface area (Å²) >= 11 is 5.55. The molecule has 2 rings (SSSR count). The Morgan fingerprint density at radius 3 is 3.00 bits per heavy atom. The van der Waals surface area contributed by atoms with E-state index in [1.807, 2.05) is 6.92 Å². The summed E-state index contributed by atoms with van der Waals surface area (Å²) < 4.78 is 5.12. The van der Waals surface area contributed by atoms with Crippen LogP contribution in [0.15, 0.2) is 0 Å². The van der Waals surface area contributed by atoms with E-state index in [9.17, 15) is 10.1 Å². The van der Waals surface area contributed by atoms with Crippen LogP contribution in [0.5, 0.6) is 0 Å². The Labute approximate surface area is 84.4 Å². The number of nitro groups is 1. The van der Waals surface area contributed by atoms with Gasteiger partial charge in [-0.25, -0.2) is 4.98 Å². The standard InChI is InChI=1S/C7H8ClN3O3/c1-7(3-14-7)2-4-5(11(12)13)10-6(8)9-4/h2-3H2,1H3,(H,9,10)/t7-/m1/s1. The number of imidazole rings is 1. The van der Waals surface area contributed by atoms with Gasteiger partial charge in [-0.15, -0.1) is 0 Å². The van der Waals surface area contributed by atoms with Crippen molar-refractivity contribution in [1.82, 2.24) is 9.97 Å². The van der Waals surface area contributed by atoms with E-state index in [-0.39, 0.29) is 16.7 Å². The van der Waals surface area contributed by atoms with E-state index >= 15 is 0 Å². The van der Waals surface area contributed by atoms with Gasteiger partial charge < -0.3 is 14.9 Å². The number of aromatic amines is 1. The number of nitrogens with one attached hydrogen (secondary N) is 1. The lowest BCUT2D eigenvalue weighted by atomic mass is 10.1. The lowest BCUT2D eigenvalue weighted by molar-refractivity contribution is -0.390.